The summed E-state index contributed by atoms with van der Waals surface area (Å²) in [6.07, 6.45) is -1.29. The fourth-order valence-corrected chi connectivity index (χ4v) is 4.15. The number of benzene rings is 3. The maximum atomic E-state index is 13.6. The maximum absolute atomic E-state index is 13.6. The van der Waals surface area contributed by atoms with Crippen molar-refractivity contribution in [1.82, 2.24) is 9.55 Å². The number of rotatable bonds is 7. The highest BCUT2D eigenvalue weighted by atomic mass is 19.4. The highest BCUT2D eigenvalue weighted by molar-refractivity contribution is 6.10. The lowest BCUT2D eigenvalue weighted by Crippen LogP contribution is -2.19. The van der Waals surface area contributed by atoms with Gasteiger partial charge in [0, 0.05) is 18.1 Å². The Hall–Kier alpha value is -4.59. The summed E-state index contributed by atoms with van der Waals surface area (Å²) in [6, 6.07) is 25.3. The number of ether oxygens (including phenoxy) is 1. The molecule has 0 aliphatic heterocycles. The first-order valence-corrected chi connectivity index (χ1v) is 11.6. The zero-order valence-electron chi connectivity index (χ0n) is 19.6. The molecule has 5 rings (SSSR count). The van der Waals surface area contributed by atoms with Crippen LogP contribution in [0.25, 0.3) is 10.9 Å². The zero-order valence-corrected chi connectivity index (χ0v) is 19.6. The van der Waals surface area contributed by atoms with Gasteiger partial charge < -0.3 is 14.6 Å². The van der Waals surface area contributed by atoms with Crippen LogP contribution in [0.15, 0.2) is 103 Å². The number of hydrogen-bond donors (Lipinski definition) is 1. The van der Waals surface area contributed by atoms with Crippen molar-refractivity contribution in [3.8, 4) is 5.75 Å². The van der Waals surface area contributed by atoms with Crippen LogP contribution in [-0.2, 0) is 19.3 Å². The van der Waals surface area contributed by atoms with Crippen LogP contribution >= 0.6 is 0 Å². The van der Waals surface area contributed by atoms with Gasteiger partial charge in [-0.2, -0.15) is 13.2 Å². The summed E-state index contributed by atoms with van der Waals surface area (Å²) in [7, 11) is 0. The van der Waals surface area contributed by atoms with E-state index in [1.807, 2.05) is 54.6 Å². The SMILES string of the molecule is O=C(Nc1cccnc1)c1c(OCc2ccccc2)c2ccccc2n1Cc1ccc(C(F)(F)F)cc1. The van der Waals surface area contributed by atoms with Gasteiger partial charge in [0.05, 0.1) is 23.0 Å². The third kappa shape index (κ3) is 5.33. The molecule has 5 nitrogen and oxygen atoms in total. The van der Waals surface area contributed by atoms with Gasteiger partial charge in [-0.05, 0) is 47.5 Å². The van der Waals surface area contributed by atoms with Crippen LogP contribution < -0.4 is 10.1 Å². The first-order valence-electron chi connectivity index (χ1n) is 11.6. The lowest BCUT2D eigenvalue weighted by molar-refractivity contribution is -0.137. The molecule has 0 spiro atoms. The minimum atomic E-state index is -4.42. The fraction of sp³-hybridized carbons (Fsp3) is 0.103. The van der Waals surface area contributed by atoms with Crippen molar-refractivity contribution in [2.24, 2.45) is 0 Å². The molecule has 186 valence electrons. The van der Waals surface area contributed by atoms with Gasteiger partial charge in [-0.3, -0.25) is 9.78 Å². The summed E-state index contributed by atoms with van der Waals surface area (Å²) < 4.78 is 47.2. The molecular weight excluding hydrogens is 479 g/mol. The maximum Gasteiger partial charge on any atom is 0.416 e. The van der Waals surface area contributed by atoms with Crippen molar-refractivity contribution in [3.63, 3.8) is 0 Å². The number of carbonyl (C=O) groups is 1. The molecule has 0 saturated heterocycles. The second-order valence-electron chi connectivity index (χ2n) is 8.45. The van der Waals surface area contributed by atoms with Crippen LogP contribution in [0.3, 0.4) is 0 Å². The number of anilines is 1. The van der Waals surface area contributed by atoms with Crippen LogP contribution in [-0.4, -0.2) is 15.5 Å². The Morgan fingerprint density at radius 2 is 1.59 bits per heavy atom. The third-order valence-electron chi connectivity index (χ3n) is 5.91. The molecule has 2 heterocycles. The average molecular weight is 502 g/mol. The zero-order chi connectivity index (χ0) is 25.8. The number of hydrogen-bond acceptors (Lipinski definition) is 3. The molecule has 3 aromatic carbocycles. The number of carbonyl (C=O) groups excluding carboxylic acids is 1. The Morgan fingerprint density at radius 1 is 0.865 bits per heavy atom. The van der Waals surface area contributed by atoms with E-state index in [1.165, 1.54) is 18.3 Å². The first kappa shape index (κ1) is 24.1. The van der Waals surface area contributed by atoms with Gasteiger partial charge in [-0.25, -0.2) is 0 Å². The fourth-order valence-electron chi connectivity index (χ4n) is 4.15. The Balaban J connectivity index is 1.58. The molecule has 1 N–H and O–H groups in total. The molecule has 0 radical (unpaired) electrons. The Labute approximate surface area is 211 Å². The van der Waals surface area contributed by atoms with E-state index in [0.717, 1.165) is 28.6 Å². The number of fused-ring (bicyclic) bond motifs is 1. The van der Waals surface area contributed by atoms with Crippen LogP contribution in [0, 0.1) is 0 Å². The van der Waals surface area contributed by atoms with Gasteiger partial charge in [0.25, 0.3) is 5.91 Å². The molecule has 5 aromatic rings. The highest BCUT2D eigenvalue weighted by Crippen LogP contribution is 2.36. The van der Waals surface area contributed by atoms with Crippen LogP contribution in [0.1, 0.15) is 27.2 Å². The predicted octanol–water partition coefficient (Wildman–Crippen LogP) is 6.93. The van der Waals surface area contributed by atoms with E-state index in [2.05, 4.69) is 10.3 Å². The predicted molar refractivity (Wildman–Crippen MR) is 135 cm³/mol. The van der Waals surface area contributed by atoms with E-state index >= 15 is 0 Å². The van der Waals surface area contributed by atoms with Gasteiger partial charge in [-0.15, -0.1) is 0 Å². The van der Waals surface area contributed by atoms with E-state index in [1.54, 1.807) is 22.9 Å². The minimum Gasteiger partial charge on any atom is -0.486 e. The number of nitrogens with one attached hydrogen (secondary N) is 1. The first-order chi connectivity index (χ1) is 17.9. The summed E-state index contributed by atoms with van der Waals surface area (Å²) >= 11 is 0. The minimum absolute atomic E-state index is 0.170. The van der Waals surface area contributed by atoms with E-state index in [9.17, 15) is 18.0 Å². The quantitative estimate of drug-likeness (QED) is 0.263. The van der Waals surface area contributed by atoms with Crippen LogP contribution in [0.2, 0.25) is 0 Å². The molecule has 37 heavy (non-hydrogen) atoms. The second kappa shape index (κ2) is 10.2. The van der Waals surface area contributed by atoms with Crippen molar-refractivity contribution >= 4 is 22.5 Å². The molecule has 0 unspecified atom stereocenters. The topological polar surface area (TPSA) is 56.1 Å². The Bertz CT molecular complexity index is 1510. The lowest BCUT2D eigenvalue weighted by Gasteiger charge is -2.14. The molecule has 0 atom stereocenters. The standard InChI is InChI=1S/C29H22F3N3O2/c30-29(31,32)22-14-12-20(13-15-22)18-35-25-11-5-4-10-24(25)27(37-19-21-7-2-1-3-8-21)26(35)28(36)34-23-9-6-16-33-17-23/h1-17H,18-19H2,(H,34,36). The number of alkyl halides is 3. The van der Waals surface area contributed by atoms with Crippen molar-refractivity contribution < 1.29 is 22.7 Å². The van der Waals surface area contributed by atoms with E-state index in [-0.39, 0.29) is 18.8 Å². The van der Waals surface area contributed by atoms with E-state index < -0.39 is 17.6 Å². The number of para-hydroxylation sites is 1. The average Bonchev–Trinajstić information content (AvgIpc) is 3.21. The Morgan fingerprint density at radius 3 is 2.30 bits per heavy atom. The van der Waals surface area contributed by atoms with Crippen LogP contribution in [0.5, 0.6) is 5.75 Å². The molecule has 1 amide bonds. The second-order valence-corrected chi connectivity index (χ2v) is 8.45. The molecular formula is C29H22F3N3O2. The number of pyridine rings is 1. The van der Waals surface area contributed by atoms with E-state index in [0.29, 0.717) is 17.0 Å². The van der Waals surface area contributed by atoms with Gasteiger partial charge in [-0.1, -0.05) is 54.6 Å². The summed E-state index contributed by atoms with van der Waals surface area (Å²) in [4.78, 5) is 17.7. The number of aromatic nitrogens is 2. The molecule has 0 aliphatic rings. The van der Waals surface area contributed by atoms with E-state index in [4.69, 9.17) is 4.74 Å². The summed E-state index contributed by atoms with van der Waals surface area (Å²) in [5, 5.41) is 3.59. The molecule has 0 fully saturated rings. The normalized spacial score (nSPS) is 11.4. The molecule has 0 bridgehead atoms. The summed E-state index contributed by atoms with van der Waals surface area (Å²) in [5.74, 6) is -0.0214. The van der Waals surface area contributed by atoms with Gasteiger partial charge in [0.15, 0.2) is 11.4 Å². The monoisotopic (exact) mass is 501 g/mol. The number of nitrogens with zero attached hydrogens (tertiary/aromatic N) is 2. The lowest BCUT2D eigenvalue weighted by atomic mass is 10.1. The van der Waals surface area contributed by atoms with Gasteiger partial charge >= 0.3 is 6.18 Å². The molecule has 0 saturated carbocycles. The summed E-state index contributed by atoms with van der Waals surface area (Å²) in [6.45, 7) is 0.408. The largest absolute Gasteiger partial charge is 0.486 e. The molecule has 8 heteroatoms. The van der Waals surface area contributed by atoms with Crippen molar-refractivity contribution in [2.75, 3.05) is 5.32 Å². The van der Waals surface area contributed by atoms with Crippen molar-refractivity contribution in [2.45, 2.75) is 19.3 Å². The summed E-state index contributed by atoms with van der Waals surface area (Å²) in [5.41, 5.74) is 2.31. The molecule has 2 aromatic heterocycles. The van der Waals surface area contributed by atoms with Crippen molar-refractivity contribution in [1.29, 1.82) is 0 Å². The number of halogens is 3. The Kier molecular flexibility index (Phi) is 6.64. The number of amides is 1. The highest BCUT2D eigenvalue weighted by Gasteiger charge is 2.30. The van der Waals surface area contributed by atoms with Crippen LogP contribution in [0.4, 0.5) is 18.9 Å². The molecule has 0 aliphatic carbocycles. The van der Waals surface area contributed by atoms with Crippen molar-refractivity contribution in [3.05, 3.63) is 126 Å². The smallest absolute Gasteiger partial charge is 0.416 e. The van der Waals surface area contributed by atoms with Gasteiger partial charge in [0.1, 0.15) is 6.61 Å². The van der Waals surface area contributed by atoms with Gasteiger partial charge in [0.2, 0.25) is 0 Å². The third-order valence-corrected chi connectivity index (χ3v) is 5.91.